The predicted octanol–water partition coefficient (Wildman–Crippen LogP) is 2.02. The highest BCUT2D eigenvalue weighted by molar-refractivity contribution is 8.00. The molecule has 0 saturated carbocycles. The number of amides is 2. The van der Waals surface area contributed by atoms with E-state index in [0.717, 1.165) is 4.90 Å². The maximum absolute atomic E-state index is 11.7. The van der Waals surface area contributed by atoms with E-state index in [1.54, 1.807) is 19.1 Å². The first-order chi connectivity index (χ1) is 9.52. The first-order valence-electron chi connectivity index (χ1n) is 5.70. The summed E-state index contributed by atoms with van der Waals surface area (Å²) >= 11 is 7.14. The topological polar surface area (TPSA) is 93.8 Å². The van der Waals surface area contributed by atoms with Gasteiger partial charge in [0, 0.05) is 15.7 Å². The maximum Gasteiger partial charge on any atom is 0.355 e. The van der Waals surface area contributed by atoms with Gasteiger partial charge in [0.25, 0.3) is 0 Å². The van der Waals surface area contributed by atoms with Crippen LogP contribution in [0.5, 0.6) is 0 Å². The molecule has 0 unspecified atom stereocenters. The summed E-state index contributed by atoms with van der Waals surface area (Å²) in [5.74, 6) is -0.358. The fourth-order valence-electron chi connectivity index (χ4n) is 1.16. The number of urea groups is 1. The Morgan fingerprint density at radius 2 is 2.05 bits per heavy atom. The van der Waals surface area contributed by atoms with Crippen molar-refractivity contribution < 1.29 is 14.3 Å². The predicted molar refractivity (Wildman–Crippen MR) is 79.0 cm³/mol. The van der Waals surface area contributed by atoms with Crippen molar-refractivity contribution in [1.29, 1.82) is 0 Å². The number of thioether (sulfide) groups is 1. The second kappa shape index (κ2) is 8.44. The third kappa shape index (κ3) is 5.94. The molecular formula is C12H14ClN3O3S. The van der Waals surface area contributed by atoms with Gasteiger partial charge in [0.05, 0.1) is 6.61 Å². The Hall–Kier alpha value is -1.73. The number of carbonyl (C=O) groups is 2. The van der Waals surface area contributed by atoms with Crippen LogP contribution in [-0.2, 0) is 9.53 Å². The SMILES string of the molecule is CCOC(=O)C(CSc1ccc(Cl)cc1)=NNC(N)=O. The van der Waals surface area contributed by atoms with Gasteiger partial charge in [0.2, 0.25) is 0 Å². The minimum Gasteiger partial charge on any atom is -0.461 e. The number of esters is 1. The molecule has 0 aliphatic rings. The monoisotopic (exact) mass is 315 g/mol. The van der Waals surface area contributed by atoms with Crippen molar-refractivity contribution in [3.05, 3.63) is 29.3 Å². The van der Waals surface area contributed by atoms with Crippen molar-refractivity contribution in [3.63, 3.8) is 0 Å². The molecule has 0 aliphatic carbocycles. The van der Waals surface area contributed by atoms with Gasteiger partial charge in [0.1, 0.15) is 0 Å². The zero-order valence-corrected chi connectivity index (χ0v) is 12.3. The third-order valence-electron chi connectivity index (χ3n) is 2.00. The van der Waals surface area contributed by atoms with Crippen molar-refractivity contribution in [2.75, 3.05) is 12.4 Å². The molecule has 1 rings (SSSR count). The molecule has 3 N–H and O–H groups in total. The highest BCUT2D eigenvalue weighted by atomic mass is 35.5. The van der Waals surface area contributed by atoms with E-state index in [9.17, 15) is 9.59 Å². The first-order valence-corrected chi connectivity index (χ1v) is 7.06. The Balaban J connectivity index is 2.68. The van der Waals surface area contributed by atoms with Gasteiger partial charge in [-0.3, -0.25) is 0 Å². The summed E-state index contributed by atoms with van der Waals surface area (Å²) < 4.78 is 4.85. The van der Waals surface area contributed by atoms with Crippen LogP contribution in [0.2, 0.25) is 5.02 Å². The summed E-state index contributed by atoms with van der Waals surface area (Å²) in [4.78, 5) is 23.2. The number of nitrogens with one attached hydrogen (secondary N) is 1. The molecule has 0 radical (unpaired) electrons. The Labute approximate surface area is 125 Å². The van der Waals surface area contributed by atoms with Gasteiger partial charge in [-0.15, -0.1) is 11.8 Å². The molecule has 0 aromatic heterocycles. The fraction of sp³-hybridized carbons (Fsp3) is 0.250. The fourth-order valence-corrected chi connectivity index (χ4v) is 2.10. The van der Waals surface area contributed by atoms with E-state index in [4.69, 9.17) is 22.1 Å². The number of hydrogen-bond donors (Lipinski definition) is 2. The van der Waals surface area contributed by atoms with Crippen molar-refractivity contribution in [3.8, 4) is 0 Å². The largest absolute Gasteiger partial charge is 0.461 e. The number of ether oxygens (including phenoxy) is 1. The van der Waals surface area contributed by atoms with E-state index < -0.39 is 12.0 Å². The molecule has 1 aromatic rings. The number of hydrazone groups is 1. The molecule has 1 aromatic carbocycles. The second-order valence-electron chi connectivity index (χ2n) is 3.50. The van der Waals surface area contributed by atoms with Gasteiger partial charge in [-0.05, 0) is 31.2 Å². The molecule has 20 heavy (non-hydrogen) atoms. The first kappa shape index (κ1) is 16.3. The lowest BCUT2D eigenvalue weighted by atomic mass is 10.4. The molecule has 6 nitrogen and oxygen atoms in total. The van der Waals surface area contributed by atoms with E-state index in [2.05, 4.69) is 5.10 Å². The highest BCUT2D eigenvalue weighted by Crippen LogP contribution is 2.20. The van der Waals surface area contributed by atoms with Crippen LogP contribution in [0, 0.1) is 0 Å². The number of benzene rings is 1. The Morgan fingerprint density at radius 3 is 2.60 bits per heavy atom. The molecule has 0 fully saturated rings. The van der Waals surface area contributed by atoms with Gasteiger partial charge in [0.15, 0.2) is 5.71 Å². The normalized spacial score (nSPS) is 11.0. The lowest BCUT2D eigenvalue weighted by Crippen LogP contribution is -2.29. The van der Waals surface area contributed by atoms with Crippen LogP contribution in [0.4, 0.5) is 4.79 Å². The summed E-state index contributed by atoms with van der Waals surface area (Å²) in [5, 5.41) is 4.27. The van der Waals surface area contributed by atoms with Crippen LogP contribution in [0.15, 0.2) is 34.3 Å². The number of primary amides is 1. The number of hydrogen-bond acceptors (Lipinski definition) is 5. The van der Waals surface area contributed by atoms with Gasteiger partial charge in [-0.1, -0.05) is 11.6 Å². The molecule has 108 valence electrons. The summed E-state index contributed by atoms with van der Waals surface area (Å²) in [6.45, 7) is 1.91. The molecule has 0 atom stereocenters. The van der Waals surface area contributed by atoms with Crippen LogP contribution < -0.4 is 11.2 Å². The summed E-state index contributed by atoms with van der Waals surface area (Å²) in [6, 6.07) is 6.27. The molecular weight excluding hydrogens is 302 g/mol. The van der Waals surface area contributed by atoms with Gasteiger partial charge in [-0.2, -0.15) is 5.10 Å². The van der Waals surface area contributed by atoms with Crippen molar-refractivity contribution >= 4 is 41.1 Å². The number of rotatable bonds is 6. The second-order valence-corrected chi connectivity index (χ2v) is 4.98. The van der Waals surface area contributed by atoms with Gasteiger partial charge in [-0.25, -0.2) is 15.0 Å². The molecule has 2 amide bonds. The average molecular weight is 316 g/mol. The van der Waals surface area contributed by atoms with Crippen molar-refractivity contribution in [2.24, 2.45) is 10.8 Å². The Morgan fingerprint density at radius 1 is 1.40 bits per heavy atom. The Kier molecular flexibility index (Phi) is 6.89. The molecule has 8 heteroatoms. The summed E-state index contributed by atoms with van der Waals surface area (Å²) in [5.41, 5.74) is 7.00. The van der Waals surface area contributed by atoms with Crippen LogP contribution in [0.3, 0.4) is 0 Å². The number of nitrogens with two attached hydrogens (primary N) is 1. The molecule has 0 saturated heterocycles. The van der Waals surface area contributed by atoms with E-state index in [1.165, 1.54) is 11.8 Å². The van der Waals surface area contributed by atoms with E-state index in [0.29, 0.717) is 5.02 Å². The number of halogens is 1. The van der Waals surface area contributed by atoms with Gasteiger partial charge < -0.3 is 10.5 Å². The average Bonchev–Trinajstić information content (AvgIpc) is 2.40. The molecule has 0 bridgehead atoms. The highest BCUT2D eigenvalue weighted by Gasteiger charge is 2.14. The van der Waals surface area contributed by atoms with Crippen LogP contribution >= 0.6 is 23.4 Å². The molecule has 0 spiro atoms. The van der Waals surface area contributed by atoms with Crippen LogP contribution in [0.25, 0.3) is 0 Å². The molecule has 0 heterocycles. The lowest BCUT2D eigenvalue weighted by molar-refractivity contribution is -0.135. The van der Waals surface area contributed by atoms with E-state index >= 15 is 0 Å². The van der Waals surface area contributed by atoms with E-state index in [1.807, 2.05) is 17.6 Å². The summed E-state index contributed by atoms with van der Waals surface area (Å²) in [7, 11) is 0. The minimum atomic E-state index is -0.844. The Bertz CT molecular complexity index is 505. The van der Waals surface area contributed by atoms with Crippen molar-refractivity contribution in [1.82, 2.24) is 5.43 Å². The van der Waals surface area contributed by atoms with Crippen molar-refractivity contribution in [2.45, 2.75) is 11.8 Å². The quantitative estimate of drug-likeness (QED) is 0.363. The zero-order valence-electron chi connectivity index (χ0n) is 10.8. The maximum atomic E-state index is 11.7. The van der Waals surface area contributed by atoms with Gasteiger partial charge >= 0.3 is 12.0 Å². The minimum absolute atomic E-state index is 0.0746. The number of nitrogens with zero attached hydrogens (tertiary/aromatic N) is 1. The smallest absolute Gasteiger partial charge is 0.355 e. The number of carbonyl (C=O) groups excluding carboxylic acids is 2. The summed E-state index contributed by atoms with van der Waals surface area (Å²) in [6.07, 6.45) is 0. The third-order valence-corrected chi connectivity index (χ3v) is 3.28. The lowest BCUT2D eigenvalue weighted by Gasteiger charge is -2.06. The van der Waals surface area contributed by atoms with Crippen LogP contribution in [0.1, 0.15) is 6.92 Å². The van der Waals surface area contributed by atoms with E-state index in [-0.39, 0.29) is 18.1 Å². The zero-order chi connectivity index (χ0) is 15.0. The standard InChI is InChI=1S/C12H14ClN3O3S/c1-2-19-11(17)10(15-16-12(14)18)7-20-9-5-3-8(13)4-6-9/h3-6H,2,7H2,1H3,(H3,14,16,18). The van der Waals surface area contributed by atoms with Crippen LogP contribution in [-0.4, -0.2) is 30.1 Å². The molecule has 0 aliphatic heterocycles.